The lowest BCUT2D eigenvalue weighted by Crippen LogP contribution is -2.40. The SMILES string of the molecule is CC(=O)Cc1cccc(N2C[C@H](C)[C@H](NC(=O)c3cc(C4CC4)on3)C2)c1. The van der Waals surface area contributed by atoms with Gasteiger partial charge in [0, 0.05) is 37.2 Å². The highest BCUT2D eigenvalue weighted by molar-refractivity contribution is 5.92. The Morgan fingerprint density at radius 1 is 1.26 bits per heavy atom. The molecule has 4 rings (SSSR count). The first-order valence-electron chi connectivity index (χ1n) is 9.60. The molecule has 1 saturated heterocycles. The van der Waals surface area contributed by atoms with Gasteiger partial charge >= 0.3 is 0 Å². The maximum Gasteiger partial charge on any atom is 0.273 e. The summed E-state index contributed by atoms with van der Waals surface area (Å²) in [4.78, 5) is 26.2. The number of aromatic nitrogens is 1. The topological polar surface area (TPSA) is 75.4 Å². The number of nitrogens with one attached hydrogen (secondary N) is 1. The predicted octanol–water partition coefficient (Wildman–Crippen LogP) is 2.94. The van der Waals surface area contributed by atoms with Gasteiger partial charge < -0.3 is 14.7 Å². The normalized spacial score (nSPS) is 22.1. The number of carbonyl (C=O) groups excluding carboxylic acids is 2. The number of ketones is 1. The first-order valence-corrected chi connectivity index (χ1v) is 9.60. The molecule has 0 bridgehead atoms. The zero-order valence-electron chi connectivity index (χ0n) is 15.8. The molecule has 0 spiro atoms. The van der Waals surface area contributed by atoms with E-state index in [2.05, 4.69) is 34.4 Å². The number of amides is 1. The lowest BCUT2D eigenvalue weighted by Gasteiger charge is -2.19. The van der Waals surface area contributed by atoms with Crippen molar-refractivity contribution in [2.75, 3.05) is 18.0 Å². The van der Waals surface area contributed by atoms with Gasteiger partial charge in [0.1, 0.15) is 11.5 Å². The molecule has 2 aromatic rings. The largest absolute Gasteiger partial charge is 0.369 e. The highest BCUT2D eigenvalue weighted by atomic mass is 16.5. The summed E-state index contributed by atoms with van der Waals surface area (Å²) in [5.41, 5.74) is 2.48. The summed E-state index contributed by atoms with van der Waals surface area (Å²) in [6.45, 7) is 5.35. The van der Waals surface area contributed by atoms with Crippen LogP contribution in [0.5, 0.6) is 0 Å². The van der Waals surface area contributed by atoms with E-state index in [-0.39, 0.29) is 17.7 Å². The summed E-state index contributed by atoms with van der Waals surface area (Å²) in [6.07, 6.45) is 2.69. The zero-order valence-corrected chi connectivity index (χ0v) is 15.8. The third kappa shape index (κ3) is 4.04. The first kappa shape index (κ1) is 17.8. The molecule has 6 heteroatoms. The van der Waals surface area contributed by atoms with E-state index in [1.807, 2.05) is 12.1 Å². The molecule has 1 aliphatic carbocycles. The van der Waals surface area contributed by atoms with Crippen LogP contribution in [0.1, 0.15) is 54.4 Å². The number of rotatable bonds is 6. The number of hydrogen-bond acceptors (Lipinski definition) is 5. The van der Waals surface area contributed by atoms with Crippen LogP contribution >= 0.6 is 0 Å². The van der Waals surface area contributed by atoms with Gasteiger partial charge in [-0.2, -0.15) is 0 Å². The minimum atomic E-state index is -0.172. The molecular weight excluding hydrogens is 342 g/mol. The Morgan fingerprint density at radius 3 is 2.81 bits per heavy atom. The van der Waals surface area contributed by atoms with Gasteiger partial charge in [-0.15, -0.1) is 0 Å². The van der Waals surface area contributed by atoms with Crippen LogP contribution in [-0.4, -0.2) is 36.0 Å². The molecule has 2 aliphatic rings. The Hall–Kier alpha value is -2.63. The van der Waals surface area contributed by atoms with Crippen molar-refractivity contribution in [1.82, 2.24) is 10.5 Å². The average Bonchev–Trinajstić information content (AvgIpc) is 3.24. The van der Waals surface area contributed by atoms with Crippen LogP contribution in [0.2, 0.25) is 0 Å². The van der Waals surface area contributed by atoms with Crippen molar-refractivity contribution in [2.45, 2.75) is 45.1 Å². The highest BCUT2D eigenvalue weighted by Gasteiger charge is 2.33. The third-order valence-electron chi connectivity index (χ3n) is 5.40. The molecule has 2 fully saturated rings. The van der Waals surface area contributed by atoms with Crippen LogP contribution in [0.25, 0.3) is 0 Å². The maximum atomic E-state index is 12.5. The Morgan fingerprint density at radius 2 is 2.07 bits per heavy atom. The lowest BCUT2D eigenvalue weighted by molar-refractivity contribution is -0.116. The molecule has 1 amide bonds. The van der Waals surface area contributed by atoms with Crippen molar-refractivity contribution in [3.8, 4) is 0 Å². The van der Waals surface area contributed by atoms with E-state index in [0.29, 0.717) is 24.0 Å². The molecule has 1 aromatic heterocycles. The zero-order chi connectivity index (χ0) is 19.0. The minimum absolute atomic E-state index is 0.0510. The summed E-state index contributed by atoms with van der Waals surface area (Å²) in [7, 11) is 0. The summed E-state index contributed by atoms with van der Waals surface area (Å²) < 4.78 is 5.29. The standard InChI is InChI=1S/C21H25N3O3/c1-13-11-24(17-5-3-4-15(9-17)8-14(2)25)12-19(13)22-21(26)18-10-20(27-23-18)16-6-7-16/h3-5,9-10,13,16,19H,6-8,11-12H2,1-2H3,(H,22,26)/t13-,19+/m0/s1. The molecule has 1 N–H and O–H groups in total. The Labute approximate surface area is 158 Å². The van der Waals surface area contributed by atoms with E-state index in [4.69, 9.17) is 4.52 Å². The molecule has 0 radical (unpaired) electrons. The molecule has 27 heavy (non-hydrogen) atoms. The third-order valence-corrected chi connectivity index (χ3v) is 5.40. The van der Waals surface area contributed by atoms with Gasteiger partial charge in [-0.3, -0.25) is 9.59 Å². The quantitative estimate of drug-likeness (QED) is 0.850. The molecule has 0 unspecified atom stereocenters. The molecule has 1 saturated carbocycles. The van der Waals surface area contributed by atoms with Crippen molar-refractivity contribution in [2.24, 2.45) is 5.92 Å². The van der Waals surface area contributed by atoms with Gasteiger partial charge in [0.15, 0.2) is 5.69 Å². The minimum Gasteiger partial charge on any atom is -0.369 e. The fourth-order valence-electron chi connectivity index (χ4n) is 3.71. The van der Waals surface area contributed by atoms with Gasteiger partial charge in [-0.05, 0) is 43.4 Å². The lowest BCUT2D eigenvalue weighted by atomic mass is 10.1. The predicted molar refractivity (Wildman–Crippen MR) is 102 cm³/mol. The van der Waals surface area contributed by atoms with E-state index in [0.717, 1.165) is 42.9 Å². The smallest absolute Gasteiger partial charge is 0.273 e. The maximum absolute atomic E-state index is 12.5. The van der Waals surface area contributed by atoms with Gasteiger partial charge in [0.05, 0.1) is 6.04 Å². The van der Waals surface area contributed by atoms with Gasteiger partial charge in [-0.25, -0.2) is 0 Å². The van der Waals surface area contributed by atoms with E-state index in [1.165, 1.54) is 0 Å². The van der Waals surface area contributed by atoms with Crippen LogP contribution in [0.15, 0.2) is 34.9 Å². The Balaban J connectivity index is 1.40. The second kappa shape index (κ2) is 7.18. The summed E-state index contributed by atoms with van der Waals surface area (Å²) in [5.74, 6) is 1.57. The summed E-state index contributed by atoms with van der Waals surface area (Å²) >= 11 is 0. The number of carbonyl (C=O) groups is 2. The van der Waals surface area contributed by atoms with Crippen molar-refractivity contribution >= 4 is 17.4 Å². The van der Waals surface area contributed by atoms with Crippen LogP contribution in [0, 0.1) is 5.92 Å². The van der Waals surface area contributed by atoms with Crippen molar-refractivity contribution in [1.29, 1.82) is 0 Å². The van der Waals surface area contributed by atoms with Crippen LogP contribution in [0.3, 0.4) is 0 Å². The second-order valence-corrected chi connectivity index (χ2v) is 7.90. The van der Waals surface area contributed by atoms with Gasteiger partial charge in [0.2, 0.25) is 0 Å². The summed E-state index contributed by atoms with van der Waals surface area (Å²) in [6, 6.07) is 9.91. The van der Waals surface area contributed by atoms with Crippen molar-refractivity contribution in [3.63, 3.8) is 0 Å². The molecule has 142 valence electrons. The molecule has 6 nitrogen and oxygen atoms in total. The van der Waals surface area contributed by atoms with Crippen molar-refractivity contribution < 1.29 is 14.1 Å². The first-order chi connectivity index (χ1) is 13.0. The molecule has 1 aromatic carbocycles. The average molecular weight is 367 g/mol. The van der Waals surface area contributed by atoms with E-state index < -0.39 is 0 Å². The van der Waals surface area contributed by atoms with E-state index in [9.17, 15) is 9.59 Å². The number of Topliss-reactive ketones (excluding diaryl/α,β-unsaturated/α-hetero) is 1. The number of benzene rings is 1. The fourth-order valence-corrected chi connectivity index (χ4v) is 3.71. The number of nitrogens with zero attached hydrogens (tertiary/aromatic N) is 2. The second-order valence-electron chi connectivity index (χ2n) is 7.90. The fraction of sp³-hybridized carbons (Fsp3) is 0.476. The van der Waals surface area contributed by atoms with Crippen LogP contribution < -0.4 is 10.2 Å². The number of anilines is 1. The Bertz CT molecular complexity index is 856. The van der Waals surface area contributed by atoms with E-state index >= 15 is 0 Å². The summed E-state index contributed by atoms with van der Waals surface area (Å²) in [5, 5.41) is 7.04. The van der Waals surface area contributed by atoms with Crippen LogP contribution in [-0.2, 0) is 11.2 Å². The molecule has 2 atom stereocenters. The van der Waals surface area contributed by atoms with E-state index in [1.54, 1.807) is 13.0 Å². The van der Waals surface area contributed by atoms with Crippen LogP contribution in [0.4, 0.5) is 5.69 Å². The molecule has 1 aliphatic heterocycles. The van der Waals surface area contributed by atoms with Gasteiger partial charge in [-0.1, -0.05) is 24.2 Å². The highest BCUT2D eigenvalue weighted by Crippen LogP contribution is 2.40. The Kier molecular flexibility index (Phi) is 4.72. The molecular formula is C21H25N3O3. The van der Waals surface area contributed by atoms with Gasteiger partial charge in [0.25, 0.3) is 5.91 Å². The molecule has 2 heterocycles. The number of hydrogen-bond donors (Lipinski definition) is 1. The van der Waals surface area contributed by atoms with Crippen molar-refractivity contribution in [3.05, 3.63) is 47.3 Å². The monoisotopic (exact) mass is 367 g/mol.